The van der Waals surface area contributed by atoms with Crippen molar-refractivity contribution in [1.82, 2.24) is 9.97 Å². The first kappa shape index (κ1) is 10.2. The maximum atomic E-state index is 10.8. The molecule has 16 heavy (non-hydrogen) atoms. The molecule has 4 N–H and O–H groups in total. The van der Waals surface area contributed by atoms with Crippen LogP contribution in [0.5, 0.6) is 0 Å². The number of aromatic nitrogens is 2. The number of aromatic carboxylic acids is 1. The molecule has 0 saturated heterocycles. The second-order valence-electron chi connectivity index (χ2n) is 3.48. The fraction of sp³-hybridized carbons (Fsp3) is 0.0909. The molecule has 0 atom stereocenters. The van der Waals surface area contributed by atoms with E-state index in [0.717, 1.165) is 11.3 Å². The highest BCUT2D eigenvalue weighted by Gasteiger charge is 2.09. The minimum atomic E-state index is -0.956. The van der Waals surface area contributed by atoms with Gasteiger partial charge in [-0.3, -0.25) is 0 Å². The van der Waals surface area contributed by atoms with Gasteiger partial charge in [0, 0.05) is 11.3 Å². The summed E-state index contributed by atoms with van der Waals surface area (Å²) in [6.45, 7) is 1.84. The number of aryl methyl sites for hydroxylation is 1. The van der Waals surface area contributed by atoms with E-state index in [4.69, 9.17) is 10.8 Å². The second kappa shape index (κ2) is 3.69. The molecular weight excluding hydrogens is 206 g/mol. The van der Waals surface area contributed by atoms with E-state index < -0.39 is 5.97 Å². The van der Waals surface area contributed by atoms with Crippen LogP contribution in [0.25, 0.3) is 11.3 Å². The topological polar surface area (TPSA) is 92.0 Å². The van der Waals surface area contributed by atoms with Gasteiger partial charge in [0.05, 0.1) is 11.3 Å². The van der Waals surface area contributed by atoms with Crippen molar-refractivity contribution < 1.29 is 9.90 Å². The molecule has 0 fully saturated rings. The molecule has 82 valence electrons. The highest BCUT2D eigenvalue weighted by Crippen LogP contribution is 2.22. The second-order valence-corrected chi connectivity index (χ2v) is 3.48. The summed E-state index contributed by atoms with van der Waals surface area (Å²) >= 11 is 0. The highest BCUT2D eigenvalue weighted by molar-refractivity contribution is 5.89. The molecule has 0 saturated carbocycles. The number of hydrogen-bond acceptors (Lipinski definition) is 3. The van der Waals surface area contributed by atoms with Crippen LogP contribution in [0.15, 0.2) is 24.3 Å². The van der Waals surface area contributed by atoms with E-state index >= 15 is 0 Å². The van der Waals surface area contributed by atoms with E-state index in [1.54, 1.807) is 18.2 Å². The van der Waals surface area contributed by atoms with E-state index in [2.05, 4.69) is 9.97 Å². The number of benzene rings is 1. The Bertz CT molecular complexity index is 546. The predicted molar refractivity (Wildman–Crippen MR) is 60.1 cm³/mol. The zero-order valence-corrected chi connectivity index (χ0v) is 8.69. The summed E-state index contributed by atoms with van der Waals surface area (Å²) in [5.41, 5.74) is 8.01. The molecule has 0 amide bonds. The largest absolute Gasteiger partial charge is 0.478 e. The smallest absolute Gasteiger partial charge is 0.335 e. The van der Waals surface area contributed by atoms with Gasteiger partial charge in [-0.15, -0.1) is 0 Å². The van der Waals surface area contributed by atoms with Crippen LogP contribution in [0, 0.1) is 6.92 Å². The van der Waals surface area contributed by atoms with E-state index in [1.807, 2.05) is 6.92 Å². The molecule has 2 rings (SSSR count). The van der Waals surface area contributed by atoms with Crippen LogP contribution in [0.3, 0.4) is 0 Å². The third kappa shape index (κ3) is 1.75. The van der Waals surface area contributed by atoms with Gasteiger partial charge < -0.3 is 15.8 Å². The lowest BCUT2D eigenvalue weighted by Gasteiger charge is -2.00. The van der Waals surface area contributed by atoms with Crippen LogP contribution in [-0.4, -0.2) is 21.0 Å². The van der Waals surface area contributed by atoms with Gasteiger partial charge in [0.2, 0.25) is 0 Å². The van der Waals surface area contributed by atoms with Crippen molar-refractivity contribution in [1.29, 1.82) is 0 Å². The highest BCUT2D eigenvalue weighted by atomic mass is 16.4. The van der Waals surface area contributed by atoms with Crippen LogP contribution >= 0.6 is 0 Å². The first-order chi connectivity index (χ1) is 7.58. The summed E-state index contributed by atoms with van der Waals surface area (Å²) < 4.78 is 0. The Hall–Kier alpha value is -2.30. The number of carboxylic acid groups (broad SMARTS) is 1. The lowest BCUT2D eigenvalue weighted by Crippen LogP contribution is -1.96. The molecule has 5 heteroatoms. The lowest BCUT2D eigenvalue weighted by molar-refractivity contribution is 0.0697. The zero-order chi connectivity index (χ0) is 11.7. The molecule has 0 bridgehead atoms. The number of anilines is 1. The fourth-order valence-corrected chi connectivity index (χ4v) is 1.56. The average Bonchev–Trinajstić information content (AvgIpc) is 2.58. The number of hydrogen-bond donors (Lipinski definition) is 3. The maximum Gasteiger partial charge on any atom is 0.335 e. The minimum absolute atomic E-state index is 0.235. The van der Waals surface area contributed by atoms with Gasteiger partial charge in [-0.1, -0.05) is 12.1 Å². The maximum absolute atomic E-state index is 10.8. The van der Waals surface area contributed by atoms with Gasteiger partial charge in [0.15, 0.2) is 5.95 Å². The Morgan fingerprint density at radius 1 is 1.50 bits per heavy atom. The molecule has 5 nitrogen and oxygen atoms in total. The van der Waals surface area contributed by atoms with Gasteiger partial charge in [0.25, 0.3) is 0 Å². The number of carboxylic acids is 1. The van der Waals surface area contributed by atoms with E-state index in [1.165, 1.54) is 6.07 Å². The van der Waals surface area contributed by atoms with E-state index in [0.29, 0.717) is 11.6 Å². The summed E-state index contributed by atoms with van der Waals surface area (Å²) in [5, 5.41) is 8.88. The van der Waals surface area contributed by atoms with Crippen LogP contribution < -0.4 is 5.73 Å². The molecule has 0 unspecified atom stereocenters. The minimum Gasteiger partial charge on any atom is -0.478 e. The number of nitrogen functional groups attached to an aromatic ring is 1. The molecule has 1 heterocycles. The van der Waals surface area contributed by atoms with Crippen molar-refractivity contribution in [3.05, 3.63) is 35.5 Å². The monoisotopic (exact) mass is 217 g/mol. The van der Waals surface area contributed by atoms with Crippen LogP contribution in [-0.2, 0) is 0 Å². The fourth-order valence-electron chi connectivity index (χ4n) is 1.56. The third-order valence-corrected chi connectivity index (χ3v) is 2.29. The Balaban J connectivity index is 2.52. The van der Waals surface area contributed by atoms with E-state index in [-0.39, 0.29) is 5.56 Å². The number of H-pyrrole nitrogens is 1. The number of rotatable bonds is 2. The van der Waals surface area contributed by atoms with Crippen LogP contribution in [0.4, 0.5) is 5.95 Å². The molecular formula is C11H11N3O2. The standard InChI is InChI=1S/C11H11N3O2/c1-6-9(14-11(12)13-6)7-3-2-4-8(5-7)10(15)16/h2-5H,1H3,(H,15,16)(H3,12,13,14). The zero-order valence-electron chi connectivity index (χ0n) is 8.69. The molecule has 1 aromatic heterocycles. The van der Waals surface area contributed by atoms with Crippen molar-refractivity contribution >= 4 is 11.9 Å². The van der Waals surface area contributed by atoms with Gasteiger partial charge in [0.1, 0.15) is 0 Å². The lowest BCUT2D eigenvalue weighted by atomic mass is 10.1. The average molecular weight is 217 g/mol. The molecule has 0 aliphatic carbocycles. The molecule has 0 aliphatic rings. The predicted octanol–water partition coefficient (Wildman–Crippen LogP) is 1.67. The van der Waals surface area contributed by atoms with Crippen molar-refractivity contribution in [3.8, 4) is 11.3 Å². The summed E-state index contributed by atoms with van der Waals surface area (Å²) in [4.78, 5) is 17.8. The number of nitrogens with zero attached hydrogens (tertiary/aromatic N) is 1. The third-order valence-electron chi connectivity index (χ3n) is 2.29. The molecule has 2 aromatic rings. The quantitative estimate of drug-likeness (QED) is 0.713. The first-order valence-electron chi connectivity index (χ1n) is 4.73. The van der Waals surface area contributed by atoms with Gasteiger partial charge >= 0.3 is 5.97 Å². The molecule has 0 spiro atoms. The Morgan fingerprint density at radius 3 is 2.81 bits per heavy atom. The first-order valence-corrected chi connectivity index (χ1v) is 4.73. The SMILES string of the molecule is Cc1[nH]c(N)nc1-c1cccc(C(=O)O)c1. The van der Waals surface area contributed by atoms with Gasteiger partial charge in [-0.25, -0.2) is 9.78 Å². The summed E-state index contributed by atoms with van der Waals surface area (Å²) in [5.74, 6) is -0.628. The summed E-state index contributed by atoms with van der Waals surface area (Å²) in [6, 6.07) is 6.60. The van der Waals surface area contributed by atoms with Crippen LogP contribution in [0.2, 0.25) is 0 Å². The van der Waals surface area contributed by atoms with Crippen molar-refractivity contribution in [2.45, 2.75) is 6.92 Å². The number of nitrogens with two attached hydrogens (primary N) is 1. The van der Waals surface area contributed by atoms with Crippen molar-refractivity contribution in [3.63, 3.8) is 0 Å². The molecule has 1 aromatic carbocycles. The normalized spacial score (nSPS) is 10.3. The molecule has 0 radical (unpaired) electrons. The number of aromatic amines is 1. The van der Waals surface area contributed by atoms with Gasteiger partial charge in [-0.2, -0.15) is 0 Å². The summed E-state index contributed by atoms with van der Waals surface area (Å²) in [6.07, 6.45) is 0. The van der Waals surface area contributed by atoms with Gasteiger partial charge in [-0.05, 0) is 19.1 Å². The van der Waals surface area contributed by atoms with Crippen molar-refractivity contribution in [2.75, 3.05) is 5.73 Å². The Kier molecular flexibility index (Phi) is 2.36. The number of nitrogens with one attached hydrogen (secondary N) is 1. The number of carbonyl (C=O) groups is 1. The van der Waals surface area contributed by atoms with Crippen molar-refractivity contribution in [2.24, 2.45) is 0 Å². The Labute approximate surface area is 91.9 Å². The summed E-state index contributed by atoms with van der Waals surface area (Å²) in [7, 11) is 0. The molecule has 0 aliphatic heterocycles. The Morgan fingerprint density at radius 2 is 2.25 bits per heavy atom. The number of imidazole rings is 1. The van der Waals surface area contributed by atoms with Crippen LogP contribution in [0.1, 0.15) is 16.1 Å². The van der Waals surface area contributed by atoms with E-state index in [9.17, 15) is 4.79 Å².